The number of rotatable bonds is 5. The fourth-order valence-electron chi connectivity index (χ4n) is 1.74. The van der Waals surface area contributed by atoms with Crippen LogP contribution in [0.5, 0.6) is 5.75 Å². The zero-order chi connectivity index (χ0) is 12.0. The lowest BCUT2D eigenvalue weighted by molar-refractivity contribution is 0.0595. The summed E-state index contributed by atoms with van der Waals surface area (Å²) in [6.07, 6.45) is 0.454. The Kier molecular flexibility index (Phi) is 4.81. The Bertz CT molecular complexity index is 353. The van der Waals surface area contributed by atoms with Gasteiger partial charge in [-0.2, -0.15) is 5.26 Å². The van der Waals surface area contributed by atoms with Crippen molar-refractivity contribution < 1.29 is 9.47 Å². The van der Waals surface area contributed by atoms with Gasteiger partial charge in [0.2, 0.25) is 0 Å². The van der Waals surface area contributed by atoms with Crippen molar-refractivity contribution in [1.29, 1.82) is 5.26 Å². The molecular formula is C13H17NO2. The van der Waals surface area contributed by atoms with E-state index in [1.807, 2.05) is 31.2 Å². The topological polar surface area (TPSA) is 42.2 Å². The summed E-state index contributed by atoms with van der Waals surface area (Å²) in [6.45, 7) is 2.02. The van der Waals surface area contributed by atoms with Crippen LogP contribution in [0.1, 0.15) is 25.0 Å². The van der Waals surface area contributed by atoms with Crippen LogP contribution in [0.4, 0.5) is 0 Å². The van der Waals surface area contributed by atoms with Crippen molar-refractivity contribution >= 4 is 0 Å². The molecule has 1 rings (SSSR count). The van der Waals surface area contributed by atoms with Gasteiger partial charge >= 0.3 is 0 Å². The van der Waals surface area contributed by atoms with E-state index in [0.29, 0.717) is 6.42 Å². The van der Waals surface area contributed by atoms with Crippen molar-refractivity contribution in [3.05, 3.63) is 29.8 Å². The summed E-state index contributed by atoms with van der Waals surface area (Å²) in [5.41, 5.74) is 1.08. The maximum Gasteiger partial charge on any atom is 0.118 e. The number of ether oxygens (including phenoxy) is 2. The molecule has 0 spiro atoms. The molecule has 86 valence electrons. The van der Waals surface area contributed by atoms with Crippen LogP contribution < -0.4 is 4.74 Å². The van der Waals surface area contributed by atoms with E-state index in [2.05, 4.69) is 6.07 Å². The molecule has 0 N–H and O–H groups in total. The van der Waals surface area contributed by atoms with Crippen molar-refractivity contribution in [1.82, 2.24) is 0 Å². The molecule has 0 unspecified atom stereocenters. The van der Waals surface area contributed by atoms with Crippen LogP contribution in [-0.2, 0) is 4.74 Å². The molecule has 0 radical (unpaired) electrons. The summed E-state index contributed by atoms with van der Waals surface area (Å²) in [7, 11) is 3.31. The summed E-state index contributed by atoms with van der Waals surface area (Å²) in [4.78, 5) is 0. The number of nitrogens with zero attached hydrogens (tertiary/aromatic N) is 1. The molecule has 0 heterocycles. The molecule has 0 amide bonds. The van der Waals surface area contributed by atoms with Gasteiger partial charge in [0.15, 0.2) is 0 Å². The largest absolute Gasteiger partial charge is 0.497 e. The van der Waals surface area contributed by atoms with E-state index in [0.717, 1.165) is 11.3 Å². The Morgan fingerprint density at radius 3 is 2.31 bits per heavy atom. The fraction of sp³-hybridized carbons (Fsp3) is 0.462. The SMILES string of the molecule is COc1ccc([C@H](OC)[C@@H](C)CC#N)cc1. The minimum absolute atomic E-state index is 0.0365. The molecule has 16 heavy (non-hydrogen) atoms. The molecule has 3 nitrogen and oxygen atoms in total. The number of hydrogen-bond donors (Lipinski definition) is 0. The first kappa shape index (κ1) is 12.5. The van der Waals surface area contributed by atoms with Gasteiger partial charge in [-0.1, -0.05) is 19.1 Å². The molecule has 1 aromatic carbocycles. The van der Waals surface area contributed by atoms with Crippen LogP contribution in [-0.4, -0.2) is 14.2 Å². The molecule has 0 aromatic heterocycles. The monoisotopic (exact) mass is 219 g/mol. The highest BCUT2D eigenvalue weighted by Crippen LogP contribution is 2.28. The third-order valence-electron chi connectivity index (χ3n) is 2.63. The molecule has 0 bridgehead atoms. The fourth-order valence-corrected chi connectivity index (χ4v) is 1.74. The summed E-state index contributed by atoms with van der Waals surface area (Å²) >= 11 is 0. The molecule has 0 saturated heterocycles. The Hall–Kier alpha value is -1.53. The standard InChI is InChI=1S/C13H17NO2/c1-10(8-9-14)13(16-3)11-4-6-12(15-2)7-5-11/h4-7,10,13H,8H2,1-3H3/t10-,13+/m0/s1. The highest BCUT2D eigenvalue weighted by Gasteiger charge is 2.18. The maximum atomic E-state index is 8.68. The lowest BCUT2D eigenvalue weighted by Crippen LogP contribution is -2.11. The Labute approximate surface area is 96.6 Å². The summed E-state index contributed by atoms with van der Waals surface area (Å²) in [6, 6.07) is 9.92. The van der Waals surface area contributed by atoms with E-state index in [9.17, 15) is 0 Å². The van der Waals surface area contributed by atoms with Gasteiger partial charge in [0.1, 0.15) is 5.75 Å². The van der Waals surface area contributed by atoms with E-state index in [1.165, 1.54) is 0 Å². The van der Waals surface area contributed by atoms with E-state index in [4.69, 9.17) is 14.7 Å². The summed E-state index contributed by atoms with van der Waals surface area (Å²) < 4.78 is 10.5. The minimum atomic E-state index is -0.0365. The number of nitriles is 1. The second-order valence-corrected chi connectivity index (χ2v) is 3.77. The summed E-state index contributed by atoms with van der Waals surface area (Å²) in [5.74, 6) is 1.01. The molecule has 0 aliphatic carbocycles. The van der Waals surface area contributed by atoms with Gasteiger partial charge in [-0.15, -0.1) is 0 Å². The molecule has 0 aliphatic heterocycles. The number of methoxy groups -OCH3 is 2. The Balaban J connectivity index is 2.83. The minimum Gasteiger partial charge on any atom is -0.497 e. The van der Waals surface area contributed by atoms with Crippen molar-refractivity contribution in [3.63, 3.8) is 0 Å². The van der Waals surface area contributed by atoms with Gasteiger partial charge in [0.25, 0.3) is 0 Å². The highest BCUT2D eigenvalue weighted by atomic mass is 16.5. The second kappa shape index (κ2) is 6.14. The van der Waals surface area contributed by atoms with Crippen molar-refractivity contribution in [3.8, 4) is 11.8 Å². The molecule has 1 aromatic rings. The van der Waals surface area contributed by atoms with Crippen LogP contribution in [0.2, 0.25) is 0 Å². The van der Waals surface area contributed by atoms with E-state index >= 15 is 0 Å². The first-order chi connectivity index (χ1) is 7.72. The maximum absolute atomic E-state index is 8.68. The average molecular weight is 219 g/mol. The Morgan fingerprint density at radius 1 is 1.25 bits per heavy atom. The smallest absolute Gasteiger partial charge is 0.118 e. The number of hydrogen-bond acceptors (Lipinski definition) is 3. The first-order valence-electron chi connectivity index (χ1n) is 5.26. The molecule has 0 fully saturated rings. The van der Waals surface area contributed by atoms with Gasteiger partial charge < -0.3 is 9.47 Å². The van der Waals surface area contributed by atoms with Crippen molar-refractivity contribution in [2.45, 2.75) is 19.4 Å². The summed E-state index contributed by atoms with van der Waals surface area (Å²) in [5, 5.41) is 8.68. The predicted molar refractivity (Wildman–Crippen MR) is 62.1 cm³/mol. The van der Waals surface area contributed by atoms with Gasteiger partial charge in [0, 0.05) is 13.5 Å². The van der Waals surface area contributed by atoms with E-state index < -0.39 is 0 Å². The van der Waals surface area contributed by atoms with Crippen molar-refractivity contribution in [2.75, 3.05) is 14.2 Å². The highest BCUT2D eigenvalue weighted by molar-refractivity contribution is 5.28. The quantitative estimate of drug-likeness (QED) is 0.764. The third-order valence-corrected chi connectivity index (χ3v) is 2.63. The normalized spacial score (nSPS) is 13.9. The molecule has 0 aliphatic rings. The van der Waals surface area contributed by atoms with Crippen LogP contribution >= 0.6 is 0 Å². The lowest BCUT2D eigenvalue weighted by Gasteiger charge is -2.21. The van der Waals surface area contributed by atoms with Gasteiger partial charge in [-0.05, 0) is 23.6 Å². The molecule has 3 heteroatoms. The van der Waals surface area contributed by atoms with Crippen LogP contribution in [0.15, 0.2) is 24.3 Å². The molecule has 2 atom stereocenters. The zero-order valence-corrected chi connectivity index (χ0v) is 9.93. The van der Waals surface area contributed by atoms with Crippen LogP contribution in [0.3, 0.4) is 0 Å². The van der Waals surface area contributed by atoms with Crippen LogP contribution in [0, 0.1) is 17.2 Å². The lowest BCUT2D eigenvalue weighted by atomic mass is 9.95. The zero-order valence-electron chi connectivity index (χ0n) is 9.93. The van der Waals surface area contributed by atoms with E-state index in [-0.39, 0.29) is 12.0 Å². The van der Waals surface area contributed by atoms with Gasteiger partial charge in [0.05, 0.1) is 19.3 Å². The third kappa shape index (κ3) is 2.98. The molecular weight excluding hydrogens is 202 g/mol. The van der Waals surface area contributed by atoms with Gasteiger partial charge in [-0.25, -0.2) is 0 Å². The first-order valence-corrected chi connectivity index (χ1v) is 5.26. The average Bonchev–Trinajstić information content (AvgIpc) is 2.31. The van der Waals surface area contributed by atoms with Crippen molar-refractivity contribution in [2.24, 2.45) is 5.92 Å². The predicted octanol–water partition coefficient (Wildman–Crippen LogP) is 2.93. The molecule has 0 saturated carbocycles. The number of benzene rings is 1. The Morgan fingerprint density at radius 2 is 1.88 bits per heavy atom. The second-order valence-electron chi connectivity index (χ2n) is 3.77. The van der Waals surface area contributed by atoms with E-state index in [1.54, 1.807) is 14.2 Å². The van der Waals surface area contributed by atoms with Gasteiger partial charge in [-0.3, -0.25) is 0 Å². The van der Waals surface area contributed by atoms with Crippen LogP contribution in [0.25, 0.3) is 0 Å².